The van der Waals surface area contributed by atoms with Crippen molar-refractivity contribution in [1.82, 2.24) is 4.57 Å². The molecule has 0 fully saturated rings. The van der Waals surface area contributed by atoms with Crippen LogP contribution >= 0.6 is 11.8 Å². The van der Waals surface area contributed by atoms with Gasteiger partial charge in [0.1, 0.15) is 5.75 Å². The highest BCUT2D eigenvalue weighted by atomic mass is 32.2. The quantitative estimate of drug-likeness (QED) is 0.874. The van der Waals surface area contributed by atoms with Crippen molar-refractivity contribution in [3.05, 3.63) is 29.5 Å². The van der Waals surface area contributed by atoms with Gasteiger partial charge >= 0.3 is 5.97 Å². The van der Waals surface area contributed by atoms with Gasteiger partial charge in [0.2, 0.25) is 0 Å². The Morgan fingerprint density at radius 3 is 2.84 bits per heavy atom. The lowest BCUT2D eigenvalue weighted by Gasteiger charge is -2.05. The molecule has 0 radical (unpaired) electrons. The van der Waals surface area contributed by atoms with Crippen molar-refractivity contribution in [3.8, 4) is 5.75 Å². The molecule has 0 spiro atoms. The van der Waals surface area contributed by atoms with E-state index < -0.39 is 0 Å². The van der Waals surface area contributed by atoms with Crippen molar-refractivity contribution in [2.24, 2.45) is 7.05 Å². The first-order valence-corrected chi connectivity index (χ1v) is 7.45. The molecular weight excluding hydrogens is 262 g/mol. The molecule has 1 N–H and O–H groups in total. The summed E-state index contributed by atoms with van der Waals surface area (Å²) in [4.78, 5) is 12.2. The topological polar surface area (TPSA) is 51.5 Å². The van der Waals surface area contributed by atoms with E-state index >= 15 is 0 Å². The summed E-state index contributed by atoms with van der Waals surface area (Å²) in [5, 5.41) is 10.4. The molecule has 0 saturated heterocycles. The number of benzene rings is 1. The maximum atomic E-state index is 12.2. The van der Waals surface area contributed by atoms with Crippen molar-refractivity contribution >= 4 is 28.6 Å². The largest absolute Gasteiger partial charge is 0.508 e. The van der Waals surface area contributed by atoms with Crippen LogP contribution in [0.2, 0.25) is 0 Å². The molecule has 0 aliphatic heterocycles. The second-order valence-corrected chi connectivity index (χ2v) is 5.10. The van der Waals surface area contributed by atoms with Crippen molar-refractivity contribution in [2.45, 2.75) is 12.7 Å². The molecule has 4 nitrogen and oxygen atoms in total. The molecule has 2 rings (SSSR count). The van der Waals surface area contributed by atoms with Crippen LogP contribution in [-0.4, -0.2) is 28.5 Å². The summed E-state index contributed by atoms with van der Waals surface area (Å²) in [5.74, 6) is 0.544. The number of hydrogen-bond acceptors (Lipinski definition) is 4. The van der Waals surface area contributed by atoms with Gasteiger partial charge in [0.15, 0.2) is 0 Å². The number of carbonyl (C=O) groups is 1. The molecule has 102 valence electrons. The van der Waals surface area contributed by atoms with Gasteiger partial charge in [-0.3, -0.25) is 0 Å². The molecule has 5 heteroatoms. The van der Waals surface area contributed by atoms with Gasteiger partial charge < -0.3 is 14.4 Å². The van der Waals surface area contributed by atoms with Gasteiger partial charge in [-0.15, -0.1) is 0 Å². The smallest absolute Gasteiger partial charge is 0.340 e. The zero-order valence-electron chi connectivity index (χ0n) is 11.3. The van der Waals surface area contributed by atoms with Crippen LogP contribution in [0, 0.1) is 0 Å². The minimum absolute atomic E-state index is 0.152. The van der Waals surface area contributed by atoms with E-state index in [1.165, 1.54) is 0 Å². The highest BCUT2D eigenvalue weighted by Gasteiger charge is 2.22. The number of fused-ring (bicyclic) bond motifs is 1. The first-order valence-electron chi connectivity index (χ1n) is 6.06. The average Bonchev–Trinajstić information content (AvgIpc) is 2.63. The number of phenols is 1. The van der Waals surface area contributed by atoms with Crippen molar-refractivity contribution in [1.29, 1.82) is 0 Å². The first-order chi connectivity index (χ1) is 9.10. The van der Waals surface area contributed by atoms with Crippen LogP contribution in [-0.2, 0) is 17.5 Å². The Kier molecular flexibility index (Phi) is 4.04. The molecule has 0 aliphatic carbocycles. The average molecular weight is 279 g/mol. The molecular formula is C14H17NO3S. The number of rotatable bonds is 4. The fourth-order valence-electron chi connectivity index (χ4n) is 2.22. The summed E-state index contributed by atoms with van der Waals surface area (Å²) in [7, 11) is 1.92. The third-order valence-corrected chi connectivity index (χ3v) is 3.63. The van der Waals surface area contributed by atoms with Crippen LogP contribution in [0.5, 0.6) is 5.75 Å². The molecule has 0 saturated carbocycles. The van der Waals surface area contributed by atoms with Crippen LogP contribution < -0.4 is 0 Å². The lowest BCUT2D eigenvalue weighted by molar-refractivity contribution is 0.0527. The number of nitrogens with zero attached hydrogens (tertiary/aromatic N) is 1. The monoisotopic (exact) mass is 279 g/mol. The van der Waals surface area contributed by atoms with Crippen LogP contribution in [0.1, 0.15) is 23.0 Å². The van der Waals surface area contributed by atoms with E-state index in [0.717, 1.165) is 22.3 Å². The SMILES string of the molecule is CCOC(=O)c1c(CSC)n(C)c2ccc(O)cc12. The molecule has 1 aromatic carbocycles. The van der Waals surface area contributed by atoms with Crippen molar-refractivity contribution < 1.29 is 14.6 Å². The van der Waals surface area contributed by atoms with Crippen LogP contribution in [0.4, 0.5) is 0 Å². The van der Waals surface area contributed by atoms with E-state index in [0.29, 0.717) is 12.2 Å². The minimum Gasteiger partial charge on any atom is -0.508 e. The second kappa shape index (κ2) is 5.57. The standard InChI is InChI=1S/C14H17NO3S/c1-4-18-14(17)13-10-7-9(16)5-6-11(10)15(2)12(13)8-19-3/h5-7,16H,4,8H2,1-3H3. The summed E-state index contributed by atoms with van der Waals surface area (Å²) >= 11 is 1.65. The summed E-state index contributed by atoms with van der Waals surface area (Å²) < 4.78 is 7.12. The van der Waals surface area contributed by atoms with Gasteiger partial charge in [-0.2, -0.15) is 11.8 Å². The molecule has 0 unspecified atom stereocenters. The number of esters is 1. The molecule has 0 amide bonds. The predicted octanol–water partition coefficient (Wildman–Crippen LogP) is 2.92. The van der Waals surface area contributed by atoms with E-state index in [9.17, 15) is 9.90 Å². The lowest BCUT2D eigenvalue weighted by Crippen LogP contribution is -2.08. The summed E-state index contributed by atoms with van der Waals surface area (Å²) in [6.45, 7) is 2.13. The number of ether oxygens (including phenoxy) is 1. The Bertz CT molecular complexity index is 619. The molecule has 2 aromatic rings. The third kappa shape index (κ3) is 2.42. The van der Waals surface area contributed by atoms with Crippen LogP contribution in [0.25, 0.3) is 10.9 Å². The van der Waals surface area contributed by atoms with Gasteiger partial charge in [-0.05, 0) is 31.4 Å². The Labute approximate surface area is 116 Å². The summed E-state index contributed by atoms with van der Waals surface area (Å²) in [5.41, 5.74) is 2.40. The summed E-state index contributed by atoms with van der Waals surface area (Å²) in [6, 6.07) is 5.06. The van der Waals surface area contributed by atoms with Gasteiger partial charge in [0.25, 0.3) is 0 Å². The van der Waals surface area contributed by atoms with Gasteiger partial charge in [0.05, 0.1) is 12.2 Å². The van der Waals surface area contributed by atoms with Crippen molar-refractivity contribution in [2.75, 3.05) is 12.9 Å². The maximum absolute atomic E-state index is 12.2. The Hall–Kier alpha value is -1.62. The number of carbonyl (C=O) groups excluding carboxylic acids is 1. The molecule has 1 aromatic heterocycles. The van der Waals surface area contributed by atoms with E-state index in [1.54, 1.807) is 30.8 Å². The molecule has 0 atom stereocenters. The number of aryl methyl sites for hydroxylation is 1. The maximum Gasteiger partial charge on any atom is 0.340 e. The van der Waals surface area contributed by atoms with Gasteiger partial charge in [0, 0.05) is 29.4 Å². The normalized spacial score (nSPS) is 10.9. The first kappa shape index (κ1) is 13.8. The summed E-state index contributed by atoms with van der Waals surface area (Å²) in [6.07, 6.45) is 1.99. The molecule has 0 aliphatic rings. The van der Waals surface area contributed by atoms with Gasteiger partial charge in [-0.1, -0.05) is 0 Å². The van der Waals surface area contributed by atoms with Crippen LogP contribution in [0.3, 0.4) is 0 Å². The fraction of sp³-hybridized carbons (Fsp3) is 0.357. The van der Waals surface area contributed by atoms with E-state index in [1.807, 2.05) is 23.9 Å². The zero-order valence-corrected chi connectivity index (χ0v) is 12.1. The van der Waals surface area contributed by atoms with Crippen molar-refractivity contribution in [3.63, 3.8) is 0 Å². The number of aromatic nitrogens is 1. The number of hydrogen-bond donors (Lipinski definition) is 1. The highest BCUT2D eigenvalue weighted by Crippen LogP contribution is 2.30. The fourth-order valence-corrected chi connectivity index (χ4v) is 2.83. The third-order valence-electron chi connectivity index (χ3n) is 3.06. The van der Waals surface area contributed by atoms with Crippen LogP contribution in [0.15, 0.2) is 18.2 Å². The predicted molar refractivity (Wildman–Crippen MR) is 77.8 cm³/mol. The Morgan fingerprint density at radius 2 is 2.21 bits per heavy atom. The van der Waals surface area contributed by atoms with E-state index in [-0.39, 0.29) is 11.7 Å². The second-order valence-electron chi connectivity index (χ2n) is 4.24. The Balaban J connectivity index is 2.71. The van der Waals surface area contributed by atoms with E-state index in [2.05, 4.69) is 0 Å². The highest BCUT2D eigenvalue weighted by molar-refractivity contribution is 7.97. The van der Waals surface area contributed by atoms with Gasteiger partial charge in [-0.25, -0.2) is 4.79 Å². The molecule has 1 heterocycles. The number of thioether (sulfide) groups is 1. The Morgan fingerprint density at radius 1 is 1.47 bits per heavy atom. The lowest BCUT2D eigenvalue weighted by atomic mass is 10.1. The zero-order chi connectivity index (χ0) is 14.0. The molecule has 0 bridgehead atoms. The minimum atomic E-state index is -0.331. The number of phenolic OH excluding ortho intramolecular Hbond substituents is 1. The molecule has 19 heavy (non-hydrogen) atoms. The van der Waals surface area contributed by atoms with E-state index in [4.69, 9.17) is 4.74 Å². The number of aromatic hydroxyl groups is 1.